The molecule has 110 valence electrons. The summed E-state index contributed by atoms with van der Waals surface area (Å²) in [6.45, 7) is 8.88. The molecule has 0 bridgehead atoms. The molecule has 0 saturated carbocycles. The Labute approximate surface area is 125 Å². The number of ether oxygens (including phenoxy) is 2. The summed E-state index contributed by atoms with van der Waals surface area (Å²) in [6, 6.07) is 5.46. The predicted octanol–water partition coefficient (Wildman–Crippen LogP) is 3.95. The van der Waals surface area contributed by atoms with E-state index in [-0.39, 0.29) is 18.5 Å². The van der Waals surface area contributed by atoms with Crippen LogP contribution in [-0.4, -0.2) is 29.0 Å². The SMILES string of the molecule is CC(C)SC(C)C[C@@H](C)Oc1ccc2c(c1)OCC2=O. The number of Topliss-reactive ketones (excluding diaryl/α,β-unsaturated/α-hetero) is 1. The Morgan fingerprint density at radius 3 is 2.75 bits per heavy atom. The van der Waals surface area contributed by atoms with E-state index in [0.717, 1.165) is 12.2 Å². The van der Waals surface area contributed by atoms with Gasteiger partial charge in [-0.15, -0.1) is 0 Å². The van der Waals surface area contributed by atoms with E-state index in [1.165, 1.54) is 0 Å². The predicted molar refractivity (Wildman–Crippen MR) is 83.2 cm³/mol. The second-order valence-electron chi connectivity index (χ2n) is 5.53. The van der Waals surface area contributed by atoms with Crippen LogP contribution in [0.25, 0.3) is 0 Å². The number of hydrogen-bond donors (Lipinski definition) is 0. The number of hydrogen-bond acceptors (Lipinski definition) is 4. The average Bonchev–Trinajstić information content (AvgIpc) is 2.69. The van der Waals surface area contributed by atoms with Crippen molar-refractivity contribution in [2.45, 2.75) is 50.7 Å². The lowest BCUT2D eigenvalue weighted by atomic mass is 10.1. The fourth-order valence-corrected chi connectivity index (χ4v) is 3.73. The van der Waals surface area contributed by atoms with Crippen LogP contribution in [0.5, 0.6) is 11.5 Å². The van der Waals surface area contributed by atoms with E-state index in [9.17, 15) is 4.79 Å². The van der Waals surface area contributed by atoms with Gasteiger partial charge in [-0.05, 0) is 30.7 Å². The fraction of sp³-hybridized carbons (Fsp3) is 0.562. The third-order valence-electron chi connectivity index (χ3n) is 3.12. The van der Waals surface area contributed by atoms with Crippen LogP contribution in [-0.2, 0) is 0 Å². The zero-order chi connectivity index (χ0) is 14.7. The van der Waals surface area contributed by atoms with E-state index in [1.807, 2.05) is 23.9 Å². The van der Waals surface area contributed by atoms with E-state index in [4.69, 9.17) is 9.47 Å². The Hall–Kier alpha value is -1.16. The second-order valence-corrected chi connectivity index (χ2v) is 7.55. The first-order valence-electron chi connectivity index (χ1n) is 7.08. The van der Waals surface area contributed by atoms with E-state index >= 15 is 0 Å². The van der Waals surface area contributed by atoms with E-state index in [0.29, 0.717) is 21.8 Å². The number of benzene rings is 1. The molecular weight excluding hydrogens is 272 g/mol. The summed E-state index contributed by atoms with van der Waals surface area (Å²) < 4.78 is 11.3. The van der Waals surface area contributed by atoms with Gasteiger partial charge in [0, 0.05) is 11.3 Å². The maximum absolute atomic E-state index is 11.5. The van der Waals surface area contributed by atoms with E-state index in [2.05, 4.69) is 27.7 Å². The summed E-state index contributed by atoms with van der Waals surface area (Å²) >= 11 is 1.96. The minimum atomic E-state index is 0.0431. The van der Waals surface area contributed by atoms with Crippen LogP contribution in [0.4, 0.5) is 0 Å². The lowest BCUT2D eigenvalue weighted by molar-refractivity contribution is 0.0961. The van der Waals surface area contributed by atoms with Crippen molar-refractivity contribution in [2.24, 2.45) is 0 Å². The van der Waals surface area contributed by atoms with Crippen LogP contribution >= 0.6 is 11.8 Å². The summed E-state index contributed by atoms with van der Waals surface area (Å²) in [5, 5.41) is 1.20. The van der Waals surface area contributed by atoms with Crippen molar-refractivity contribution in [3.05, 3.63) is 23.8 Å². The quantitative estimate of drug-likeness (QED) is 0.796. The molecule has 0 amide bonds. The molecule has 0 spiro atoms. The average molecular weight is 294 g/mol. The number of fused-ring (bicyclic) bond motifs is 1. The van der Waals surface area contributed by atoms with Gasteiger partial charge < -0.3 is 9.47 Å². The number of carbonyl (C=O) groups excluding carboxylic acids is 1. The topological polar surface area (TPSA) is 35.5 Å². The minimum absolute atomic E-state index is 0.0431. The van der Waals surface area contributed by atoms with Gasteiger partial charge in [0.15, 0.2) is 6.61 Å². The third-order valence-corrected chi connectivity index (χ3v) is 4.32. The van der Waals surface area contributed by atoms with Crippen molar-refractivity contribution >= 4 is 17.5 Å². The number of thioether (sulfide) groups is 1. The van der Waals surface area contributed by atoms with Crippen LogP contribution in [0.3, 0.4) is 0 Å². The molecule has 2 rings (SSSR count). The van der Waals surface area contributed by atoms with Gasteiger partial charge in [-0.2, -0.15) is 11.8 Å². The zero-order valence-corrected chi connectivity index (χ0v) is 13.3. The van der Waals surface area contributed by atoms with Crippen molar-refractivity contribution in [1.29, 1.82) is 0 Å². The molecule has 0 fully saturated rings. The molecule has 1 unspecified atom stereocenters. The molecule has 1 aliphatic rings. The van der Waals surface area contributed by atoms with E-state index in [1.54, 1.807) is 6.07 Å². The molecule has 1 aliphatic heterocycles. The molecule has 2 atom stereocenters. The molecule has 1 heterocycles. The third kappa shape index (κ3) is 3.92. The van der Waals surface area contributed by atoms with Crippen LogP contribution < -0.4 is 9.47 Å². The highest BCUT2D eigenvalue weighted by Gasteiger charge is 2.22. The zero-order valence-electron chi connectivity index (χ0n) is 12.5. The Morgan fingerprint density at radius 1 is 1.30 bits per heavy atom. The van der Waals surface area contributed by atoms with Gasteiger partial charge in [0.25, 0.3) is 0 Å². The molecule has 1 aromatic carbocycles. The van der Waals surface area contributed by atoms with Gasteiger partial charge >= 0.3 is 0 Å². The van der Waals surface area contributed by atoms with Crippen molar-refractivity contribution in [3.8, 4) is 11.5 Å². The Bertz CT molecular complexity index is 485. The molecule has 0 saturated heterocycles. The first-order chi connectivity index (χ1) is 9.45. The normalized spacial score (nSPS) is 16.8. The maximum Gasteiger partial charge on any atom is 0.203 e. The summed E-state index contributed by atoms with van der Waals surface area (Å²) in [6.07, 6.45) is 1.14. The highest BCUT2D eigenvalue weighted by Crippen LogP contribution is 2.30. The van der Waals surface area contributed by atoms with Gasteiger partial charge in [-0.25, -0.2) is 0 Å². The van der Waals surface area contributed by atoms with Crippen LogP contribution in [0, 0.1) is 0 Å². The summed E-state index contributed by atoms with van der Waals surface area (Å²) in [4.78, 5) is 11.5. The van der Waals surface area contributed by atoms with Crippen molar-refractivity contribution in [1.82, 2.24) is 0 Å². The molecule has 0 aliphatic carbocycles. The fourth-order valence-electron chi connectivity index (χ4n) is 2.41. The van der Waals surface area contributed by atoms with Crippen molar-refractivity contribution < 1.29 is 14.3 Å². The number of carbonyl (C=O) groups is 1. The molecule has 20 heavy (non-hydrogen) atoms. The number of rotatable bonds is 6. The molecule has 0 radical (unpaired) electrons. The summed E-state index contributed by atoms with van der Waals surface area (Å²) in [5.74, 6) is 1.46. The molecular formula is C16H22O3S. The first kappa shape index (κ1) is 15.2. The standard InChI is InChI=1S/C16H22O3S/c1-10(2)20-12(4)7-11(3)19-13-5-6-14-15(17)9-18-16(14)8-13/h5-6,8,10-12H,7,9H2,1-4H3/t11-,12?/m1/s1. The van der Waals surface area contributed by atoms with Gasteiger partial charge in [-0.3, -0.25) is 4.79 Å². The summed E-state index contributed by atoms with van der Waals surface area (Å²) in [5.41, 5.74) is 0.661. The van der Waals surface area contributed by atoms with Crippen molar-refractivity contribution in [3.63, 3.8) is 0 Å². The lowest BCUT2D eigenvalue weighted by Crippen LogP contribution is -2.18. The molecule has 4 heteroatoms. The maximum atomic E-state index is 11.5. The lowest BCUT2D eigenvalue weighted by Gasteiger charge is -2.20. The minimum Gasteiger partial charge on any atom is -0.491 e. The van der Waals surface area contributed by atoms with Crippen molar-refractivity contribution in [2.75, 3.05) is 6.61 Å². The monoisotopic (exact) mass is 294 g/mol. The van der Waals surface area contributed by atoms with Gasteiger partial charge in [0.2, 0.25) is 5.78 Å². The van der Waals surface area contributed by atoms with Gasteiger partial charge in [0.1, 0.15) is 11.5 Å². The molecule has 0 N–H and O–H groups in total. The largest absolute Gasteiger partial charge is 0.491 e. The van der Waals surface area contributed by atoms with E-state index < -0.39 is 0 Å². The number of ketones is 1. The first-order valence-corrected chi connectivity index (χ1v) is 8.02. The molecule has 3 nitrogen and oxygen atoms in total. The summed E-state index contributed by atoms with van der Waals surface area (Å²) in [7, 11) is 0. The second kappa shape index (κ2) is 6.53. The Morgan fingerprint density at radius 2 is 2.05 bits per heavy atom. The van der Waals surface area contributed by atoms with Crippen LogP contribution in [0.1, 0.15) is 44.5 Å². The Kier molecular flexibility index (Phi) is 4.97. The highest BCUT2D eigenvalue weighted by atomic mass is 32.2. The van der Waals surface area contributed by atoms with Crippen LogP contribution in [0.15, 0.2) is 18.2 Å². The van der Waals surface area contributed by atoms with Gasteiger partial charge in [-0.1, -0.05) is 20.8 Å². The highest BCUT2D eigenvalue weighted by molar-refractivity contribution is 8.00. The van der Waals surface area contributed by atoms with Crippen LogP contribution in [0.2, 0.25) is 0 Å². The molecule has 1 aromatic rings. The Balaban J connectivity index is 1.92. The smallest absolute Gasteiger partial charge is 0.203 e. The molecule has 0 aromatic heterocycles. The van der Waals surface area contributed by atoms with Gasteiger partial charge in [0.05, 0.1) is 11.7 Å².